The number of hydrogen-bond acceptors (Lipinski definition) is 9. The molecule has 0 bridgehead atoms. The first-order valence-corrected chi connectivity index (χ1v) is 10.3. The maximum absolute atomic E-state index is 9.75. The maximum atomic E-state index is 9.75. The number of nitrogens with two attached hydrogens (primary N) is 1. The van der Waals surface area contributed by atoms with Crippen LogP contribution >= 0.6 is 0 Å². The summed E-state index contributed by atoms with van der Waals surface area (Å²) in [5.41, 5.74) is 8.39. The van der Waals surface area contributed by atoms with Gasteiger partial charge in [-0.15, -0.1) is 0 Å². The van der Waals surface area contributed by atoms with Crippen LogP contribution in [0.25, 0.3) is 11.2 Å². The number of nitrogens with zero attached hydrogens (tertiary/aromatic N) is 4. The van der Waals surface area contributed by atoms with Crippen molar-refractivity contribution in [1.82, 2.24) is 19.5 Å². The van der Waals surface area contributed by atoms with Crippen LogP contribution in [0.4, 0.5) is 11.8 Å². The molecule has 5 rings (SSSR count). The van der Waals surface area contributed by atoms with Crippen LogP contribution in [0.1, 0.15) is 25.6 Å². The highest BCUT2D eigenvalue weighted by Crippen LogP contribution is 2.43. The molecule has 2 aromatic heterocycles. The van der Waals surface area contributed by atoms with Crippen molar-refractivity contribution >= 4 is 22.9 Å². The van der Waals surface area contributed by atoms with Gasteiger partial charge in [0.05, 0.1) is 12.9 Å². The molecule has 4 N–H and O–H groups in total. The van der Waals surface area contributed by atoms with Gasteiger partial charge < -0.3 is 30.4 Å². The van der Waals surface area contributed by atoms with E-state index in [9.17, 15) is 5.11 Å². The fourth-order valence-corrected chi connectivity index (χ4v) is 4.20. The maximum Gasteiger partial charge on any atom is 0.226 e. The van der Waals surface area contributed by atoms with E-state index in [0.29, 0.717) is 23.7 Å². The van der Waals surface area contributed by atoms with Gasteiger partial charge in [0.2, 0.25) is 5.95 Å². The average molecular weight is 426 g/mol. The number of aromatic nitrogens is 4. The molecule has 31 heavy (non-hydrogen) atoms. The third-order valence-electron chi connectivity index (χ3n) is 5.57. The number of hydrogen-bond donors (Lipinski definition) is 3. The minimum Gasteiger partial charge on any atom is -0.394 e. The second-order valence-electron chi connectivity index (χ2n) is 8.23. The zero-order valence-corrected chi connectivity index (χ0v) is 17.4. The van der Waals surface area contributed by atoms with Gasteiger partial charge in [0.1, 0.15) is 23.8 Å². The number of rotatable bonds is 6. The van der Waals surface area contributed by atoms with Crippen molar-refractivity contribution < 1.29 is 19.3 Å². The van der Waals surface area contributed by atoms with Crippen molar-refractivity contribution in [3.05, 3.63) is 42.2 Å². The molecule has 3 aromatic rings. The number of fused-ring (bicyclic) bond motifs is 2. The summed E-state index contributed by atoms with van der Waals surface area (Å²) in [5.74, 6) is -0.0673. The number of ether oxygens (including phenoxy) is 3. The molecule has 4 atom stereocenters. The van der Waals surface area contributed by atoms with Crippen molar-refractivity contribution in [3.63, 3.8) is 0 Å². The first kappa shape index (κ1) is 20.1. The highest BCUT2D eigenvalue weighted by atomic mass is 16.8. The lowest BCUT2D eigenvalue weighted by Crippen LogP contribution is -2.31. The number of aliphatic hydroxyl groups excluding tert-OH is 1. The Morgan fingerprint density at radius 2 is 1.94 bits per heavy atom. The SMILES string of the molecule is CC1(C)O[C@@H]2[C@H](O1)[C@@H](CO)O[C@H]2n1cnc2c(N)nc(NCCc3ccccc3)nc21. The highest BCUT2D eigenvalue weighted by Gasteiger charge is 2.56. The molecule has 2 fully saturated rings. The zero-order chi connectivity index (χ0) is 21.6. The van der Waals surface area contributed by atoms with Crippen molar-refractivity contribution in [2.75, 3.05) is 24.2 Å². The van der Waals surface area contributed by atoms with Crippen LogP contribution in [0.2, 0.25) is 0 Å². The van der Waals surface area contributed by atoms with Crippen LogP contribution < -0.4 is 11.1 Å². The average Bonchev–Trinajstić information content (AvgIpc) is 3.39. The van der Waals surface area contributed by atoms with E-state index < -0.39 is 24.2 Å². The van der Waals surface area contributed by atoms with Gasteiger partial charge in [0.15, 0.2) is 23.5 Å². The molecule has 0 aliphatic carbocycles. The van der Waals surface area contributed by atoms with Gasteiger partial charge in [0.25, 0.3) is 0 Å². The topological polar surface area (TPSA) is 130 Å². The molecule has 0 amide bonds. The standard InChI is InChI=1S/C21H26N6O4/c1-21(2)30-15-13(10-28)29-19(16(15)31-21)27-11-24-14-17(22)25-20(26-18(14)27)23-9-8-12-6-4-3-5-7-12/h3-7,11,13,15-16,19,28H,8-10H2,1-2H3,(H3,22,23,25,26)/t13-,15-,16-,19-/m1/s1. The summed E-state index contributed by atoms with van der Waals surface area (Å²) in [6.07, 6.45) is 0.590. The molecule has 0 radical (unpaired) electrons. The molecule has 0 unspecified atom stereocenters. The number of imidazole rings is 1. The monoisotopic (exact) mass is 426 g/mol. The normalized spacial score (nSPS) is 26.9. The lowest BCUT2D eigenvalue weighted by atomic mass is 10.1. The highest BCUT2D eigenvalue weighted by molar-refractivity contribution is 5.83. The molecule has 164 valence electrons. The van der Waals surface area contributed by atoms with Gasteiger partial charge in [-0.1, -0.05) is 30.3 Å². The van der Waals surface area contributed by atoms with Crippen LogP contribution in [-0.4, -0.2) is 61.9 Å². The number of nitrogens with one attached hydrogen (secondary N) is 1. The van der Waals surface area contributed by atoms with E-state index in [-0.39, 0.29) is 18.5 Å². The van der Waals surface area contributed by atoms with Gasteiger partial charge in [-0.3, -0.25) is 4.57 Å². The molecule has 2 saturated heterocycles. The van der Waals surface area contributed by atoms with Crippen molar-refractivity contribution in [2.45, 2.75) is 50.6 Å². The number of benzene rings is 1. The van der Waals surface area contributed by atoms with Gasteiger partial charge >= 0.3 is 0 Å². The summed E-state index contributed by atoms with van der Waals surface area (Å²) in [7, 11) is 0. The molecule has 10 heteroatoms. The van der Waals surface area contributed by atoms with E-state index in [1.807, 2.05) is 32.0 Å². The quantitative estimate of drug-likeness (QED) is 0.536. The fraction of sp³-hybridized carbons (Fsp3) is 0.476. The van der Waals surface area contributed by atoms with Crippen LogP contribution in [0.15, 0.2) is 36.7 Å². The fourth-order valence-electron chi connectivity index (χ4n) is 4.20. The number of anilines is 2. The van der Waals surface area contributed by atoms with Crippen LogP contribution in [0, 0.1) is 0 Å². The molecule has 2 aliphatic heterocycles. The molecule has 10 nitrogen and oxygen atoms in total. The summed E-state index contributed by atoms with van der Waals surface area (Å²) in [4.78, 5) is 13.3. The molecular weight excluding hydrogens is 400 g/mol. The molecule has 2 aliphatic rings. The minimum atomic E-state index is -0.765. The summed E-state index contributed by atoms with van der Waals surface area (Å²) >= 11 is 0. The first-order chi connectivity index (χ1) is 14.9. The zero-order valence-electron chi connectivity index (χ0n) is 17.4. The van der Waals surface area contributed by atoms with E-state index in [4.69, 9.17) is 19.9 Å². The Labute approximate surface area is 179 Å². The summed E-state index contributed by atoms with van der Waals surface area (Å²) in [6, 6.07) is 10.2. The van der Waals surface area contributed by atoms with Gasteiger partial charge in [-0.05, 0) is 25.8 Å². The van der Waals surface area contributed by atoms with E-state index in [1.54, 1.807) is 10.9 Å². The molecule has 4 heterocycles. The van der Waals surface area contributed by atoms with E-state index in [0.717, 1.165) is 6.42 Å². The minimum absolute atomic E-state index is 0.173. The third-order valence-corrected chi connectivity index (χ3v) is 5.57. The van der Waals surface area contributed by atoms with E-state index >= 15 is 0 Å². The Bertz CT molecular complexity index is 1070. The molecule has 0 spiro atoms. The second-order valence-corrected chi connectivity index (χ2v) is 8.23. The first-order valence-electron chi connectivity index (χ1n) is 10.3. The van der Waals surface area contributed by atoms with Crippen molar-refractivity contribution in [1.29, 1.82) is 0 Å². The Morgan fingerprint density at radius 3 is 2.71 bits per heavy atom. The number of aliphatic hydroxyl groups is 1. The van der Waals surface area contributed by atoms with Gasteiger partial charge in [-0.25, -0.2) is 4.98 Å². The predicted molar refractivity (Wildman–Crippen MR) is 113 cm³/mol. The summed E-state index contributed by atoms with van der Waals surface area (Å²) < 4.78 is 19.8. The molecule has 0 saturated carbocycles. The van der Waals surface area contributed by atoms with Crippen molar-refractivity contribution in [3.8, 4) is 0 Å². The number of nitrogen functional groups attached to an aromatic ring is 1. The Kier molecular flexibility index (Phi) is 5.01. The largest absolute Gasteiger partial charge is 0.394 e. The Morgan fingerprint density at radius 1 is 1.16 bits per heavy atom. The Balaban J connectivity index is 1.41. The summed E-state index contributed by atoms with van der Waals surface area (Å²) in [6.45, 7) is 4.17. The Hall–Kier alpha value is -2.79. The van der Waals surface area contributed by atoms with E-state index in [1.165, 1.54) is 5.56 Å². The lowest BCUT2D eigenvalue weighted by Gasteiger charge is -2.24. The molecule has 1 aromatic carbocycles. The van der Waals surface area contributed by atoms with Gasteiger partial charge in [-0.2, -0.15) is 9.97 Å². The second kappa shape index (κ2) is 7.72. The third kappa shape index (κ3) is 3.72. The predicted octanol–water partition coefficient (Wildman–Crippen LogP) is 1.47. The van der Waals surface area contributed by atoms with Crippen LogP contribution in [0.3, 0.4) is 0 Å². The van der Waals surface area contributed by atoms with E-state index in [2.05, 4.69) is 32.4 Å². The smallest absolute Gasteiger partial charge is 0.226 e. The summed E-state index contributed by atoms with van der Waals surface area (Å²) in [5, 5.41) is 13.0. The van der Waals surface area contributed by atoms with Gasteiger partial charge in [0, 0.05) is 6.54 Å². The van der Waals surface area contributed by atoms with Crippen molar-refractivity contribution in [2.24, 2.45) is 0 Å². The van der Waals surface area contributed by atoms with Crippen LogP contribution in [0.5, 0.6) is 0 Å². The molecular formula is C21H26N6O4. The lowest BCUT2D eigenvalue weighted by molar-refractivity contribution is -0.199. The van der Waals surface area contributed by atoms with Crippen LogP contribution in [-0.2, 0) is 20.6 Å².